The first-order valence-corrected chi connectivity index (χ1v) is 10.5. The van der Waals surface area contributed by atoms with Gasteiger partial charge in [0.25, 0.3) is 0 Å². The molecule has 1 aliphatic rings. The van der Waals surface area contributed by atoms with Gasteiger partial charge in [0.15, 0.2) is 0 Å². The van der Waals surface area contributed by atoms with Crippen LogP contribution in [-0.2, 0) is 16.2 Å². The molecule has 1 heterocycles. The highest BCUT2D eigenvalue weighted by atomic mass is 16.7. The lowest BCUT2D eigenvalue weighted by atomic mass is 10.0. The van der Waals surface area contributed by atoms with Crippen molar-refractivity contribution in [2.24, 2.45) is 0 Å². The largest absolute Gasteiger partial charge is 0.486 e. The fourth-order valence-electron chi connectivity index (χ4n) is 3.82. The number of rotatable bonds is 6. The zero-order chi connectivity index (χ0) is 23.5. The number of carbonyl (C=O) groups excluding carboxylic acids is 1. The SMILES string of the molecule is CON(C)C(=O)C[C@H]1CN(Cc2ccccc2)c2cc(N(C(=O)O)C(C)(C)C)ccc2O1. The van der Waals surface area contributed by atoms with Crippen molar-refractivity contribution < 1.29 is 24.3 Å². The van der Waals surface area contributed by atoms with Crippen LogP contribution in [-0.4, -0.2) is 54.5 Å². The topological polar surface area (TPSA) is 82.6 Å². The number of anilines is 2. The molecule has 0 aromatic heterocycles. The maximum atomic E-state index is 12.4. The van der Waals surface area contributed by atoms with Gasteiger partial charge < -0.3 is 14.7 Å². The smallest absolute Gasteiger partial charge is 0.412 e. The van der Waals surface area contributed by atoms with Crippen molar-refractivity contribution in [1.82, 2.24) is 5.06 Å². The second-order valence-electron chi connectivity index (χ2n) is 8.82. The molecule has 8 nitrogen and oxygen atoms in total. The molecule has 3 rings (SSSR count). The molecule has 2 aromatic rings. The zero-order valence-electron chi connectivity index (χ0n) is 19.2. The van der Waals surface area contributed by atoms with Gasteiger partial charge in [0, 0.05) is 24.8 Å². The van der Waals surface area contributed by atoms with Gasteiger partial charge in [-0.25, -0.2) is 9.86 Å². The van der Waals surface area contributed by atoms with Gasteiger partial charge in [-0.3, -0.25) is 14.5 Å². The van der Waals surface area contributed by atoms with Crippen LogP contribution >= 0.6 is 0 Å². The summed E-state index contributed by atoms with van der Waals surface area (Å²) in [7, 11) is 3.02. The van der Waals surface area contributed by atoms with Crippen molar-refractivity contribution in [2.45, 2.75) is 45.4 Å². The van der Waals surface area contributed by atoms with Crippen molar-refractivity contribution >= 4 is 23.4 Å². The molecule has 32 heavy (non-hydrogen) atoms. The Morgan fingerprint density at radius 2 is 1.88 bits per heavy atom. The number of benzene rings is 2. The number of amides is 2. The number of fused-ring (bicyclic) bond motifs is 1. The highest BCUT2D eigenvalue weighted by Crippen LogP contribution is 2.39. The molecule has 1 atom stereocenters. The van der Waals surface area contributed by atoms with Gasteiger partial charge in [0.05, 0.1) is 25.8 Å². The summed E-state index contributed by atoms with van der Waals surface area (Å²) < 4.78 is 6.14. The molecule has 0 saturated carbocycles. The van der Waals surface area contributed by atoms with Gasteiger partial charge in [-0.15, -0.1) is 0 Å². The predicted octanol–water partition coefficient (Wildman–Crippen LogP) is 4.15. The highest BCUT2D eigenvalue weighted by molar-refractivity contribution is 5.89. The summed E-state index contributed by atoms with van der Waals surface area (Å²) in [5.74, 6) is 0.440. The Morgan fingerprint density at radius 3 is 2.47 bits per heavy atom. The maximum absolute atomic E-state index is 12.4. The second kappa shape index (κ2) is 9.48. The Hall–Kier alpha value is -3.26. The first-order valence-electron chi connectivity index (χ1n) is 10.5. The molecule has 0 spiro atoms. The minimum absolute atomic E-state index is 0.167. The van der Waals surface area contributed by atoms with E-state index in [1.165, 1.54) is 17.1 Å². The first-order chi connectivity index (χ1) is 15.1. The van der Waals surface area contributed by atoms with Gasteiger partial charge in [-0.1, -0.05) is 30.3 Å². The molecule has 0 saturated heterocycles. The lowest BCUT2D eigenvalue weighted by molar-refractivity contribution is -0.170. The van der Waals surface area contributed by atoms with Crippen molar-refractivity contribution in [3.63, 3.8) is 0 Å². The minimum atomic E-state index is -1.02. The van der Waals surface area contributed by atoms with Crippen LogP contribution in [0.25, 0.3) is 0 Å². The van der Waals surface area contributed by atoms with E-state index in [0.717, 1.165) is 11.3 Å². The van der Waals surface area contributed by atoms with Crippen LogP contribution in [0.4, 0.5) is 16.2 Å². The zero-order valence-corrected chi connectivity index (χ0v) is 19.2. The molecule has 2 amide bonds. The number of hydrogen-bond acceptors (Lipinski definition) is 5. The third kappa shape index (κ3) is 5.31. The minimum Gasteiger partial charge on any atom is -0.486 e. The van der Waals surface area contributed by atoms with E-state index < -0.39 is 11.6 Å². The summed E-state index contributed by atoms with van der Waals surface area (Å²) in [5, 5.41) is 11.0. The quantitative estimate of drug-likeness (QED) is 0.679. The van der Waals surface area contributed by atoms with E-state index in [0.29, 0.717) is 24.5 Å². The average Bonchev–Trinajstić information content (AvgIpc) is 2.73. The van der Waals surface area contributed by atoms with Gasteiger partial charge in [0.2, 0.25) is 5.91 Å². The summed E-state index contributed by atoms with van der Waals surface area (Å²) in [6.07, 6.45) is -1.21. The molecule has 0 bridgehead atoms. The highest BCUT2D eigenvalue weighted by Gasteiger charge is 2.32. The molecule has 0 radical (unpaired) electrons. The summed E-state index contributed by atoms with van der Waals surface area (Å²) in [5.41, 5.74) is 1.86. The lowest BCUT2D eigenvalue weighted by Gasteiger charge is -2.38. The van der Waals surface area contributed by atoms with Crippen LogP contribution in [0, 0.1) is 0 Å². The van der Waals surface area contributed by atoms with Crippen LogP contribution < -0.4 is 14.5 Å². The third-order valence-corrected chi connectivity index (χ3v) is 5.36. The molecule has 172 valence electrons. The number of ether oxygens (including phenoxy) is 1. The second-order valence-corrected chi connectivity index (χ2v) is 8.82. The van der Waals surface area contributed by atoms with E-state index in [1.54, 1.807) is 19.2 Å². The van der Waals surface area contributed by atoms with E-state index >= 15 is 0 Å². The van der Waals surface area contributed by atoms with Crippen molar-refractivity contribution in [3.05, 3.63) is 54.1 Å². The van der Waals surface area contributed by atoms with E-state index in [4.69, 9.17) is 9.57 Å². The fourth-order valence-corrected chi connectivity index (χ4v) is 3.82. The number of hydroxylamine groups is 2. The molecule has 0 fully saturated rings. The van der Waals surface area contributed by atoms with Crippen molar-refractivity contribution in [1.29, 1.82) is 0 Å². The molecule has 1 aliphatic heterocycles. The molecular formula is C24H31N3O5. The Balaban J connectivity index is 1.96. The van der Waals surface area contributed by atoms with E-state index in [2.05, 4.69) is 4.90 Å². The normalized spacial score (nSPS) is 15.5. The first kappa shape index (κ1) is 23.4. The third-order valence-electron chi connectivity index (χ3n) is 5.36. The van der Waals surface area contributed by atoms with Crippen molar-refractivity contribution in [2.75, 3.05) is 30.5 Å². The number of carbonyl (C=O) groups is 2. The number of carboxylic acid groups (broad SMARTS) is 1. The summed E-state index contributed by atoms with van der Waals surface area (Å²) in [4.78, 5) is 32.8. The van der Waals surface area contributed by atoms with Crippen LogP contribution in [0.1, 0.15) is 32.8 Å². The Morgan fingerprint density at radius 1 is 1.19 bits per heavy atom. The van der Waals surface area contributed by atoms with Crippen molar-refractivity contribution in [3.8, 4) is 5.75 Å². The van der Waals surface area contributed by atoms with Crippen LogP contribution in [0.5, 0.6) is 5.75 Å². The fraction of sp³-hybridized carbons (Fsp3) is 0.417. The standard InChI is InChI=1S/C24H31N3O5/c1-24(2,3)27(23(29)30)18-11-12-21-20(13-18)26(15-17-9-7-6-8-10-17)16-19(32-21)14-22(28)25(4)31-5/h6-13,19H,14-16H2,1-5H3,(H,29,30)/t19-/m0/s1. The molecular weight excluding hydrogens is 410 g/mol. The number of nitrogens with zero attached hydrogens (tertiary/aromatic N) is 3. The van der Waals surface area contributed by atoms with Crippen LogP contribution in [0.2, 0.25) is 0 Å². The molecule has 8 heteroatoms. The van der Waals surface area contributed by atoms with Gasteiger partial charge >= 0.3 is 6.09 Å². The Bertz CT molecular complexity index is 958. The molecule has 1 N–H and O–H groups in total. The van der Waals surface area contributed by atoms with Gasteiger partial charge in [0.1, 0.15) is 11.9 Å². The molecule has 0 unspecified atom stereocenters. The number of hydrogen-bond donors (Lipinski definition) is 1. The lowest BCUT2D eigenvalue weighted by Crippen LogP contribution is -2.46. The summed E-state index contributed by atoms with van der Waals surface area (Å²) >= 11 is 0. The van der Waals surface area contributed by atoms with Gasteiger partial charge in [-0.05, 0) is 44.5 Å². The van der Waals surface area contributed by atoms with Crippen LogP contribution in [0.3, 0.4) is 0 Å². The Kier molecular flexibility index (Phi) is 6.93. The van der Waals surface area contributed by atoms with E-state index in [1.807, 2.05) is 57.2 Å². The van der Waals surface area contributed by atoms with E-state index in [9.17, 15) is 14.7 Å². The summed E-state index contributed by atoms with van der Waals surface area (Å²) in [6.45, 7) is 6.65. The Labute approximate surface area is 188 Å². The monoisotopic (exact) mass is 441 g/mol. The predicted molar refractivity (Wildman–Crippen MR) is 123 cm³/mol. The van der Waals surface area contributed by atoms with E-state index in [-0.39, 0.29) is 18.4 Å². The average molecular weight is 442 g/mol. The van der Waals surface area contributed by atoms with Gasteiger partial charge in [-0.2, -0.15) is 0 Å². The van der Waals surface area contributed by atoms with Crippen LogP contribution in [0.15, 0.2) is 48.5 Å². The molecule has 2 aromatic carbocycles. The summed E-state index contributed by atoms with van der Waals surface area (Å²) in [6, 6.07) is 15.4. The molecule has 0 aliphatic carbocycles. The maximum Gasteiger partial charge on any atom is 0.412 e.